The van der Waals surface area contributed by atoms with Gasteiger partial charge < -0.3 is 19.2 Å². The Balaban J connectivity index is 2.37. The number of H-pyrrole nitrogens is 1. The summed E-state index contributed by atoms with van der Waals surface area (Å²) >= 11 is 0. The van der Waals surface area contributed by atoms with Crippen molar-refractivity contribution in [2.75, 3.05) is 20.8 Å². The van der Waals surface area contributed by atoms with Gasteiger partial charge in [0.1, 0.15) is 11.4 Å². The smallest absolute Gasteiger partial charge is 0.356 e. The third-order valence-corrected chi connectivity index (χ3v) is 4.12. The Bertz CT molecular complexity index is 1130. The van der Waals surface area contributed by atoms with Crippen LogP contribution in [0, 0.1) is 5.92 Å². The number of hydrogen-bond acceptors (Lipinski definition) is 7. The number of rotatable bonds is 5. The molecular weight excluding hydrogens is 364 g/mol. The summed E-state index contributed by atoms with van der Waals surface area (Å²) in [6.07, 6.45) is 0. The number of aromatic nitrogens is 2. The normalized spacial score (nSPS) is 11.0. The number of carbonyl (C=O) groups excluding carboxylic acids is 2. The molecule has 0 aliphatic heterocycles. The van der Waals surface area contributed by atoms with Crippen LogP contribution in [-0.2, 0) is 9.47 Å². The average Bonchev–Trinajstić information content (AvgIpc) is 2.70. The Morgan fingerprint density at radius 3 is 2.39 bits per heavy atom. The van der Waals surface area contributed by atoms with Crippen LogP contribution in [0.15, 0.2) is 29.1 Å². The van der Waals surface area contributed by atoms with Crippen molar-refractivity contribution < 1.29 is 23.8 Å². The highest BCUT2D eigenvalue weighted by atomic mass is 16.5. The molecule has 0 amide bonds. The summed E-state index contributed by atoms with van der Waals surface area (Å²) in [4.78, 5) is 43.7. The molecule has 1 N–H and O–H groups in total. The Morgan fingerprint density at radius 2 is 1.75 bits per heavy atom. The molecule has 3 rings (SSSR count). The van der Waals surface area contributed by atoms with Crippen LogP contribution in [0.4, 0.5) is 0 Å². The number of carbonyl (C=O) groups is 2. The van der Waals surface area contributed by atoms with Crippen molar-refractivity contribution in [2.24, 2.45) is 5.92 Å². The van der Waals surface area contributed by atoms with Gasteiger partial charge in [-0.05, 0) is 18.1 Å². The fraction of sp³-hybridized carbons (Fsp3) is 0.300. The molecule has 8 heteroatoms. The second kappa shape index (κ2) is 7.67. The Hall–Kier alpha value is -3.42. The molecule has 2 heterocycles. The zero-order valence-electron chi connectivity index (χ0n) is 16.0. The van der Waals surface area contributed by atoms with Crippen LogP contribution in [0.1, 0.15) is 34.8 Å². The minimum Gasteiger partial charge on any atom is -0.493 e. The number of aromatic amines is 1. The van der Waals surface area contributed by atoms with E-state index in [-0.39, 0.29) is 22.7 Å². The van der Waals surface area contributed by atoms with E-state index in [1.807, 2.05) is 13.8 Å². The lowest BCUT2D eigenvalue weighted by atomic mass is 10.1. The van der Waals surface area contributed by atoms with Crippen LogP contribution in [0.5, 0.6) is 5.75 Å². The summed E-state index contributed by atoms with van der Waals surface area (Å²) < 4.78 is 15.3. The first-order chi connectivity index (χ1) is 13.3. The number of nitrogens with zero attached hydrogens (tertiary/aromatic N) is 1. The third kappa shape index (κ3) is 3.53. The molecule has 0 unspecified atom stereocenters. The molecule has 1 aromatic carbocycles. The van der Waals surface area contributed by atoms with Gasteiger partial charge >= 0.3 is 11.9 Å². The average molecular weight is 384 g/mol. The van der Waals surface area contributed by atoms with Crippen LogP contribution >= 0.6 is 0 Å². The van der Waals surface area contributed by atoms with Crippen molar-refractivity contribution in [1.82, 2.24) is 9.97 Å². The van der Waals surface area contributed by atoms with Gasteiger partial charge in [0.05, 0.1) is 31.9 Å². The molecule has 0 saturated carbocycles. The fourth-order valence-corrected chi connectivity index (χ4v) is 2.78. The second-order valence-electron chi connectivity index (χ2n) is 6.63. The lowest BCUT2D eigenvalue weighted by Gasteiger charge is -2.14. The summed E-state index contributed by atoms with van der Waals surface area (Å²) in [7, 11) is 2.47. The Kier molecular flexibility index (Phi) is 5.30. The van der Waals surface area contributed by atoms with Crippen LogP contribution in [0.2, 0.25) is 0 Å². The van der Waals surface area contributed by atoms with Gasteiger partial charge in [0.2, 0.25) is 0 Å². The van der Waals surface area contributed by atoms with Crippen LogP contribution < -0.4 is 10.2 Å². The topological polar surface area (TPSA) is 108 Å². The van der Waals surface area contributed by atoms with Gasteiger partial charge in [0, 0.05) is 22.9 Å². The van der Waals surface area contributed by atoms with Crippen molar-refractivity contribution in [2.45, 2.75) is 13.8 Å². The molecule has 28 heavy (non-hydrogen) atoms. The fourth-order valence-electron chi connectivity index (χ4n) is 2.78. The van der Waals surface area contributed by atoms with Crippen molar-refractivity contribution in [3.8, 4) is 5.75 Å². The van der Waals surface area contributed by atoms with E-state index in [4.69, 9.17) is 14.2 Å². The van der Waals surface area contributed by atoms with Crippen molar-refractivity contribution in [1.29, 1.82) is 0 Å². The Morgan fingerprint density at radius 1 is 1.07 bits per heavy atom. The number of benzene rings is 1. The van der Waals surface area contributed by atoms with Crippen molar-refractivity contribution >= 4 is 33.7 Å². The molecule has 0 aliphatic rings. The van der Waals surface area contributed by atoms with E-state index in [1.165, 1.54) is 26.4 Å². The number of nitrogens with one attached hydrogen (secondary N) is 1. The van der Waals surface area contributed by atoms with E-state index >= 15 is 0 Å². The predicted molar refractivity (Wildman–Crippen MR) is 103 cm³/mol. The third-order valence-electron chi connectivity index (χ3n) is 4.12. The minimum atomic E-state index is -0.684. The van der Waals surface area contributed by atoms with Gasteiger partial charge in [0.15, 0.2) is 11.1 Å². The predicted octanol–water partition coefficient (Wildman–Crippen LogP) is 2.68. The maximum Gasteiger partial charge on any atom is 0.356 e. The summed E-state index contributed by atoms with van der Waals surface area (Å²) in [5.41, 5.74) is 0.284. The van der Waals surface area contributed by atoms with Gasteiger partial charge in [0.25, 0.3) is 0 Å². The van der Waals surface area contributed by atoms with E-state index in [2.05, 4.69) is 9.97 Å². The number of esters is 2. The molecule has 0 radical (unpaired) electrons. The number of pyridine rings is 2. The first-order valence-corrected chi connectivity index (χ1v) is 8.66. The van der Waals surface area contributed by atoms with E-state index in [9.17, 15) is 14.4 Å². The van der Waals surface area contributed by atoms with E-state index in [0.29, 0.717) is 34.2 Å². The molecule has 0 aliphatic carbocycles. The van der Waals surface area contributed by atoms with Gasteiger partial charge in [-0.1, -0.05) is 13.8 Å². The molecule has 0 saturated heterocycles. The lowest BCUT2D eigenvalue weighted by Crippen LogP contribution is -2.13. The summed E-state index contributed by atoms with van der Waals surface area (Å²) in [5, 5.41) is 0.919. The molecule has 2 aromatic heterocycles. The number of hydrogen-bond donors (Lipinski definition) is 1. The highest BCUT2D eigenvalue weighted by Gasteiger charge is 2.18. The number of fused-ring (bicyclic) bond motifs is 3. The standard InChI is InChI=1S/C20H20N2O6/c1-10(2)9-28-16-8-14(20(25)27-4)22-18-12(16)6-5-11-15(23)7-13(19(24)26-3)21-17(11)18/h5-8,10H,9H2,1-4H3,(H,21,23). The van der Waals surface area contributed by atoms with Crippen LogP contribution in [0.25, 0.3) is 21.8 Å². The SMILES string of the molecule is COC(=O)c1cc(OCC(C)C)c2ccc3c(=O)cc(C(=O)OC)[nH]c3c2n1. The monoisotopic (exact) mass is 384 g/mol. The van der Waals surface area contributed by atoms with Crippen LogP contribution in [-0.4, -0.2) is 42.7 Å². The first kappa shape index (κ1) is 19.3. The molecule has 146 valence electrons. The zero-order chi connectivity index (χ0) is 20.4. The lowest BCUT2D eigenvalue weighted by molar-refractivity contribution is 0.0585. The van der Waals surface area contributed by atoms with Gasteiger partial charge in [-0.15, -0.1) is 0 Å². The summed E-state index contributed by atoms with van der Waals surface area (Å²) in [5.74, 6) is -0.627. The van der Waals surface area contributed by atoms with E-state index < -0.39 is 11.9 Å². The van der Waals surface area contributed by atoms with Crippen LogP contribution in [0.3, 0.4) is 0 Å². The summed E-state index contributed by atoms with van der Waals surface area (Å²) in [6, 6.07) is 6.00. The molecule has 0 spiro atoms. The molecular formula is C20H20N2O6. The first-order valence-electron chi connectivity index (χ1n) is 8.66. The van der Waals surface area contributed by atoms with Gasteiger partial charge in [-0.2, -0.15) is 0 Å². The molecule has 0 atom stereocenters. The second-order valence-corrected chi connectivity index (χ2v) is 6.63. The highest BCUT2D eigenvalue weighted by Crippen LogP contribution is 2.30. The van der Waals surface area contributed by atoms with Crippen molar-refractivity contribution in [3.05, 3.63) is 45.9 Å². The molecule has 8 nitrogen and oxygen atoms in total. The maximum absolute atomic E-state index is 12.5. The summed E-state index contributed by atoms with van der Waals surface area (Å²) in [6.45, 7) is 4.43. The maximum atomic E-state index is 12.5. The number of methoxy groups -OCH3 is 2. The zero-order valence-corrected chi connectivity index (χ0v) is 16.0. The van der Waals surface area contributed by atoms with E-state index in [1.54, 1.807) is 12.1 Å². The minimum absolute atomic E-state index is 0.0116. The molecule has 3 aromatic rings. The molecule has 0 bridgehead atoms. The quantitative estimate of drug-likeness (QED) is 0.532. The molecule has 0 fully saturated rings. The van der Waals surface area contributed by atoms with Crippen molar-refractivity contribution in [3.63, 3.8) is 0 Å². The van der Waals surface area contributed by atoms with Gasteiger partial charge in [-0.3, -0.25) is 4.79 Å². The Labute approximate surface area is 160 Å². The van der Waals surface area contributed by atoms with E-state index in [0.717, 1.165) is 0 Å². The number of ether oxygens (including phenoxy) is 3. The highest BCUT2D eigenvalue weighted by molar-refractivity contribution is 6.07. The largest absolute Gasteiger partial charge is 0.493 e. The van der Waals surface area contributed by atoms with Gasteiger partial charge in [-0.25, -0.2) is 14.6 Å².